The van der Waals surface area contributed by atoms with Crippen LogP contribution in [-0.4, -0.2) is 98.3 Å². The van der Waals surface area contributed by atoms with Crippen LogP contribution in [0.2, 0.25) is 0 Å². The maximum Gasteiger partial charge on any atom is 0.307 e. The van der Waals surface area contributed by atoms with E-state index in [-0.39, 0.29) is 74.3 Å². The Balaban J connectivity index is 1.24. The SMILES string of the molecule is CC[C@@H]1C[C@H](C)CC/C=C\[C@@H]2C[C@@]2(C(=O)NS(=O)(=O)C2(C)CC2)CC(=O)[C@@H]2C[C@@H](Oc3nc(OC)cc4cc(OC)ccc34)CN2C(=O)[C@H]1CC(=O)OC1(C)COC1. The molecule has 5 aliphatic rings. The van der Waals surface area contributed by atoms with E-state index in [0.717, 1.165) is 11.8 Å². The number of amides is 2. The number of ether oxygens (including phenoxy) is 5. The molecule has 2 saturated heterocycles. The molecule has 58 heavy (non-hydrogen) atoms. The normalized spacial score (nSPS) is 31.0. The van der Waals surface area contributed by atoms with E-state index in [4.69, 9.17) is 23.7 Å². The number of rotatable bonds is 11. The zero-order chi connectivity index (χ0) is 41.6. The van der Waals surface area contributed by atoms with Gasteiger partial charge in [-0.25, -0.2) is 8.42 Å². The first-order valence-electron chi connectivity index (χ1n) is 20.6. The van der Waals surface area contributed by atoms with Crippen LogP contribution < -0.4 is 18.9 Å². The van der Waals surface area contributed by atoms with E-state index >= 15 is 4.79 Å². The zero-order valence-electron chi connectivity index (χ0n) is 34.4. The highest BCUT2D eigenvalue weighted by Gasteiger charge is 2.63. The predicted molar refractivity (Wildman–Crippen MR) is 214 cm³/mol. The Kier molecular flexibility index (Phi) is 11.6. The Morgan fingerprint density at radius 2 is 1.83 bits per heavy atom. The maximum absolute atomic E-state index is 15.1. The summed E-state index contributed by atoms with van der Waals surface area (Å²) in [4.78, 5) is 63.7. The first-order valence-corrected chi connectivity index (χ1v) is 22.1. The molecule has 0 radical (unpaired) electrons. The number of carbonyl (C=O) groups excluding carboxylic acids is 4. The number of allylic oxidation sites excluding steroid dienone is 2. The number of esters is 1. The van der Waals surface area contributed by atoms with E-state index in [0.29, 0.717) is 55.5 Å². The third kappa shape index (κ3) is 8.43. The van der Waals surface area contributed by atoms with Gasteiger partial charge in [-0.1, -0.05) is 32.4 Å². The van der Waals surface area contributed by atoms with Crippen LogP contribution in [0.1, 0.15) is 91.9 Å². The third-order valence-corrected chi connectivity index (χ3v) is 15.3. The minimum Gasteiger partial charge on any atom is -0.497 e. The van der Waals surface area contributed by atoms with Gasteiger partial charge in [0.05, 0.1) is 62.5 Å². The van der Waals surface area contributed by atoms with Gasteiger partial charge < -0.3 is 28.6 Å². The van der Waals surface area contributed by atoms with Gasteiger partial charge in [0.15, 0.2) is 11.4 Å². The Morgan fingerprint density at radius 3 is 2.48 bits per heavy atom. The number of fused-ring (bicyclic) bond motifs is 3. The van der Waals surface area contributed by atoms with Gasteiger partial charge in [0.1, 0.15) is 11.9 Å². The van der Waals surface area contributed by atoms with Crippen molar-refractivity contribution in [3.05, 3.63) is 36.4 Å². The van der Waals surface area contributed by atoms with Crippen LogP contribution in [0.25, 0.3) is 10.8 Å². The number of benzene rings is 1. The number of hydrogen-bond donors (Lipinski definition) is 1. The van der Waals surface area contributed by atoms with Crippen LogP contribution in [0.3, 0.4) is 0 Å². The predicted octanol–water partition coefficient (Wildman–Crippen LogP) is 5.31. The summed E-state index contributed by atoms with van der Waals surface area (Å²) in [6.45, 7) is 8.13. The molecule has 0 bridgehead atoms. The Hall–Kier alpha value is -4.24. The molecule has 1 N–H and O–H groups in total. The van der Waals surface area contributed by atoms with Gasteiger partial charge in [0.2, 0.25) is 33.6 Å². The molecule has 1 aromatic carbocycles. The fraction of sp³-hybridized carbons (Fsp3) is 0.651. The molecular formula is C43H57N3O11S. The highest BCUT2D eigenvalue weighted by Crippen LogP contribution is 2.58. The van der Waals surface area contributed by atoms with Gasteiger partial charge >= 0.3 is 5.97 Å². The quantitative estimate of drug-likeness (QED) is 0.229. The Morgan fingerprint density at radius 1 is 1.07 bits per heavy atom. The second-order valence-corrected chi connectivity index (χ2v) is 20.0. The molecule has 15 heteroatoms. The van der Waals surface area contributed by atoms with Crippen LogP contribution in [0.4, 0.5) is 0 Å². The fourth-order valence-corrected chi connectivity index (χ4v) is 10.3. The second kappa shape index (κ2) is 16.1. The standard InChI is InChI=1S/C43H57N3O11S/c1-7-27-16-26(2)10-8-9-11-29-21-43(29,40(50)45-58(51,52)42(4)14-15-42)22-35(47)34-19-31(23-46(34)39(49)33(27)20-37(48)57-41(3)24-55-25-41)56-38-32-13-12-30(53-5)17-28(32)18-36(44-38)54-6/h9,11-13,17-18,26-27,29,31,33-34H,7-8,10,14-16,19-25H2,1-6H3,(H,45,50)/b11-9-/t26-,27-,29-,31-,33+,34+,43-/m1/s1. The smallest absolute Gasteiger partial charge is 0.307 e. The first kappa shape index (κ1) is 41.9. The zero-order valence-corrected chi connectivity index (χ0v) is 35.2. The molecule has 7 atom stereocenters. The van der Waals surface area contributed by atoms with Crippen molar-refractivity contribution >= 4 is 44.4 Å². The van der Waals surface area contributed by atoms with Crippen molar-refractivity contribution in [2.75, 3.05) is 34.0 Å². The molecule has 2 aromatic rings. The topological polar surface area (TPSA) is 177 Å². The van der Waals surface area contributed by atoms with E-state index in [9.17, 15) is 22.8 Å². The second-order valence-electron chi connectivity index (χ2n) is 17.8. The Bertz CT molecular complexity index is 2070. The lowest BCUT2D eigenvalue weighted by Gasteiger charge is -2.38. The van der Waals surface area contributed by atoms with Gasteiger partial charge in [0, 0.05) is 24.3 Å². The monoisotopic (exact) mass is 823 g/mol. The summed E-state index contributed by atoms with van der Waals surface area (Å²) in [5, 5.41) is 1.42. The van der Waals surface area contributed by atoms with Crippen molar-refractivity contribution in [2.45, 2.75) is 114 Å². The van der Waals surface area contributed by atoms with E-state index in [2.05, 4.69) is 16.6 Å². The summed E-state index contributed by atoms with van der Waals surface area (Å²) in [6.07, 6.45) is 6.96. The number of Topliss-reactive ketones (excluding diaryl/α,β-unsaturated/α-hetero) is 1. The average Bonchev–Trinajstić information content (AvgIpc) is 4.06. The van der Waals surface area contributed by atoms with Crippen molar-refractivity contribution in [3.63, 3.8) is 0 Å². The van der Waals surface area contributed by atoms with Crippen LogP contribution in [0.5, 0.6) is 17.5 Å². The summed E-state index contributed by atoms with van der Waals surface area (Å²) < 4.78 is 56.6. The number of hydrogen-bond acceptors (Lipinski definition) is 12. The fourth-order valence-electron chi connectivity index (χ4n) is 8.95. The molecular weight excluding hydrogens is 767 g/mol. The first-order chi connectivity index (χ1) is 27.5. The number of nitrogens with one attached hydrogen (secondary N) is 1. The molecule has 14 nitrogen and oxygen atoms in total. The average molecular weight is 824 g/mol. The van der Waals surface area contributed by atoms with Gasteiger partial charge in [-0.15, -0.1) is 0 Å². The van der Waals surface area contributed by atoms with E-state index in [1.54, 1.807) is 33.1 Å². The molecule has 3 aliphatic heterocycles. The maximum atomic E-state index is 15.1. The molecule has 0 spiro atoms. The largest absolute Gasteiger partial charge is 0.497 e. The summed E-state index contributed by atoms with van der Waals surface area (Å²) in [5.41, 5.74) is -2.05. The van der Waals surface area contributed by atoms with Gasteiger partial charge in [-0.2, -0.15) is 4.98 Å². The van der Waals surface area contributed by atoms with Crippen LogP contribution >= 0.6 is 0 Å². The van der Waals surface area contributed by atoms with Crippen LogP contribution in [0, 0.1) is 29.1 Å². The molecule has 2 aliphatic carbocycles. The molecule has 0 unspecified atom stereocenters. The minimum atomic E-state index is -3.97. The number of methoxy groups -OCH3 is 2. The van der Waals surface area contributed by atoms with Gasteiger partial charge in [-0.3, -0.25) is 23.9 Å². The van der Waals surface area contributed by atoms with Crippen LogP contribution in [0.15, 0.2) is 36.4 Å². The van der Waals surface area contributed by atoms with Crippen molar-refractivity contribution in [1.29, 1.82) is 0 Å². The summed E-state index contributed by atoms with van der Waals surface area (Å²) in [5.74, 6) is -1.87. The van der Waals surface area contributed by atoms with Crippen molar-refractivity contribution in [1.82, 2.24) is 14.6 Å². The molecule has 2 amide bonds. The third-order valence-electron chi connectivity index (χ3n) is 13.2. The molecule has 4 fully saturated rings. The summed E-state index contributed by atoms with van der Waals surface area (Å²) in [7, 11) is -0.899. The Labute approximate surface area is 340 Å². The number of ketones is 1. The number of nitrogens with zero attached hydrogens (tertiary/aromatic N) is 2. The number of carbonyl (C=O) groups is 4. The lowest BCUT2D eigenvalue weighted by molar-refractivity contribution is -0.207. The van der Waals surface area contributed by atoms with Gasteiger partial charge in [0.25, 0.3) is 0 Å². The van der Waals surface area contributed by atoms with Gasteiger partial charge in [-0.05, 0) is 93.7 Å². The lowest BCUT2D eigenvalue weighted by atomic mass is 9.79. The molecule has 7 rings (SSSR count). The molecule has 2 saturated carbocycles. The van der Waals surface area contributed by atoms with E-state index in [1.807, 2.05) is 31.2 Å². The van der Waals surface area contributed by atoms with Crippen LogP contribution in [-0.2, 0) is 38.7 Å². The van der Waals surface area contributed by atoms with E-state index < -0.39 is 55.7 Å². The van der Waals surface area contributed by atoms with Crippen molar-refractivity contribution in [3.8, 4) is 17.5 Å². The molecule has 4 heterocycles. The lowest BCUT2D eigenvalue weighted by Crippen LogP contribution is -2.51. The summed E-state index contributed by atoms with van der Waals surface area (Å²) >= 11 is 0. The molecule has 316 valence electrons. The highest BCUT2D eigenvalue weighted by atomic mass is 32.2. The van der Waals surface area contributed by atoms with E-state index in [1.165, 1.54) is 12.0 Å². The minimum absolute atomic E-state index is 0.0180. The number of aromatic nitrogens is 1. The highest BCUT2D eigenvalue weighted by molar-refractivity contribution is 7.91. The summed E-state index contributed by atoms with van der Waals surface area (Å²) in [6, 6.07) is 6.19. The van der Waals surface area contributed by atoms with Crippen molar-refractivity contribution < 1.29 is 51.3 Å². The number of sulfonamides is 1. The van der Waals surface area contributed by atoms with Crippen molar-refractivity contribution in [2.24, 2.45) is 29.1 Å². The number of pyridine rings is 1. The molecule has 1 aromatic heterocycles.